The lowest BCUT2D eigenvalue weighted by atomic mass is 10.2. The maximum atomic E-state index is 12.2. The summed E-state index contributed by atoms with van der Waals surface area (Å²) in [4.78, 5) is 1.06. The van der Waals surface area contributed by atoms with Crippen LogP contribution in [0.15, 0.2) is 30.3 Å². The van der Waals surface area contributed by atoms with Crippen molar-refractivity contribution >= 4 is 0 Å². The van der Waals surface area contributed by atoms with Crippen LogP contribution in [0.2, 0.25) is 0 Å². The van der Waals surface area contributed by atoms with Crippen molar-refractivity contribution in [2.24, 2.45) is 0 Å². The summed E-state index contributed by atoms with van der Waals surface area (Å²) in [6, 6.07) is 8.73. The topological polar surface area (TPSA) is 3.24 Å². The van der Waals surface area contributed by atoms with Gasteiger partial charge in [-0.2, -0.15) is 0 Å². The number of alkyl halides is 4. The maximum Gasteiger partial charge on any atom is 0.251 e. The summed E-state index contributed by atoms with van der Waals surface area (Å²) in [5.41, 5.74) is 0.754. The van der Waals surface area contributed by atoms with Crippen LogP contribution >= 0.6 is 0 Å². The van der Waals surface area contributed by atoms with Crippen molar-refractivity contribution in [2.45, 2.75) is 19.4 Å². The van der Waals surface area contributed by atoms with Crippen molar-refractivity contribution in [3.05, 3.63) is 35.9 Å². The minimum Gasteiger partial charge on any atom is -0.288 e. The highest BCUT2D eigenvalue weighted by Gasteiger charge is 2.16. The first-order chi connectivity index (χ1) is 7.58. The molecule has 0 aliphatic rings. The highest BCUT2D eigenvalue weighted by atomic mass is 19.3. The number of hydrogen-bond donors (Lipinski definition) is 0. The average Bonchev–Trinajstić information content (AvgIpc) is 2.16. The Morgan fingerprint density at radius 1 is 0.875 bits per heavy atom. The molecule has 0 saturated carbocycles. The van der Waals surface area contributed by atoms with Crippen molar-refractivity contribution < 1.29 is 17.6 Å². The molecule has 0 saturated heterocycles. The zero-order valence-electron chi connectivity index (χ0n) is 8.62. The fourth-order valence-electron chi connectivity index (χ4n) is 1.44. The quantitative estimate of drug-likeness (QED) is 0.685. The van der Waals surface area contributed by atoms with Crippen LogP contribution in [0.4, 0.5) is 17.6 Å². The molecule has 0 heterocycles. The van der Waals surface area contributed by atoms with Crippen LogP contribution in [-0.4, -0.2) is 30.8 Å². The van der Waals surface area contributed by atoms with Crippen molar-refractivity contribution in [3.63, 3.8) is 0 Å². The maximum absolute atomic E-state index is 12.2. The van der Waals surface area contributed by atoms with Gasteiger partial charge in [0.1, 0.15) is 0 Å². The van der Waals surface area contributed by atoms with E-state index in [1.807, 2.05) is 0 Å². The molecule has 1 rings (SSSR count). The zero-order valence-corrected chi connectivity index (χ0v) is 8.62. The fourth-order valence-corrected chi connectivity index (χ4v) is 1.44. The van der Waals surface area contributed by atoms with E-state index in [-0.39, 0.29) is 6.54 Å². The second-order valence-electron chi connectivity index (χ2n) is 3.46. The Hall–Kier alpha value is -1.10. The predicted molar refractivity (Wildman–Crippen MR) is 53.7 cm³/mol. The SMILES string of the molecule is FC(F)CN(Cc1ccccc1)CC(F)F. The Labute approximate surface area is 91.7 Å². The molecule has 0 radical (unpaired) electrons. The van der Waals surface area contributed by atoms with Crippen molar-refractivity contribution in [2.75, 3.05) is 13.1 Å². The summed E-state index contributed by atoms with van der Waals surface area (Å²) in [5.74, 6) is 0. The molecule has 0 bridgehead atoms. The molecule has 0 aliphatic carbocycles. The Morgan fingerprint density at radius 2 is 1.38 bits per heavy atom. The number of hydrogen-bond acceptors (Lipinski definition) is 1. The number of rotatable bonds is 6. The summed E-state index contributed by atoms with van der Waals surface area (Å²) in [6.07, 6.45) is -5.19. The Morgan fingerprint density at radius 3 is 1.81 bits per heavy atom. The largest absolute Gasteiger partial charge is 0.288 e. The van der Waals surface area contributed by atoms with Gasteiger partial charge in [0, 0.05) is 6.54 Å². The third-order valence-electron chi connectivity index (χ3n) is 2.04. The van der Waals surface area contributed by atoms with Gasteiger partial charge >= 0.3 is 0 Å². The van der Waals surface area contributed by atoms with E-state index in [0.717, 1.165) is 10.5 Å². The minimum absolute atomic E-state index is 0.121. The van der Waals surface area contributed by atoms with Crippen LogP contribution in [0.1, 0.15) is 5.56 Å². The summed E-state index contributed by atoms with van der Waals surface area (Å²) in [7, 11) is 0. The molecular weight excluding hydrogens is 222 g/mol. The smallest absolute Gasteiger partial charge is 0.251 e. The number of nitrogens with zero attached hydrogens (tertiary/aromatic N) is 1. The van der Waals surface area contributed by atoms with Crippen molar-refractivity contribution in [1.82, 2.24) is 4.90 Å². The van der Waals surface area contributed by atoms with Crippen LogP contribution < -0.4 is 0 Å². The van der Waals surface area contributed by atoms with Crippen molar-refractivity contribution in [1.29, 1.82) is 0 Å². The molecule has 0 spiro atoms. The van der Waals surface area contributed by atoms with E-state index in [0.29, 0.717) is 0 Å². The lowest BCUT2D eigenvalue weighted by molar-refractivity contribution is 0.0392. The molecule has 1 nitrogen and oxygen atoms in total. The van der Waals surface area contributed by atoms with Gasteiger partial charge in [0.15, 0.2) is 0 Å². The molecule has 1 aromatic carbocycles. The van der Waals surface area contributed by atoms with Gasteiger partial charge < -0.3 is 0 Å². The summed E-state index contributed by atoms with van der Waals surface area (Å²) < 4.78 is 48.6. The van der Waals surface area contributed by atoms with Gasteiger partial charge in [-0.25, -0.2) is 17.6 Å². The molecule has 0 unspecified atom stereocenters. The standard InChI is InChI=1S/C11H13F4N/c12-10(13)7-16(8-11(14)15)6-9-4-2-1-3-5-9/h1-5,10-11H,6-8H2. The molecule has 0 amide bonds. The highest BCUT2D eigenvalue weighted by molar-refractivity contribution is 5.14. The molecule has 0 N–H and O–H groups in total. The van der Waals surface area contributed by atoms with E-state index >= 15 is 0 Å². The lowest BCUT2D eigenvalue weighted by Crippen LogP contribution is -2.32. The van der Waals surface area contributed by atoms with Crippen LogP contribution in [0.5, 0.6) is 0 Å². The van der Waals surface area contributed by atoms with Gasteiger partial charge in [-0.1, -0.05) is 30.3 Å². The van der Waals surface area contributed by atoms with Gasteiger partial charge in [0.05, 0.1) is 13.1 Å². The molecular formula is C11H13F4N. The highest BCUT2D eigenvalue weighted by Crippen LogP contribution is 2.09. The summed E-state index contributed by atoms with van der Waals surface area (Å²) in [6.45, 7) is -1.13. The normalized spacial score (nSPS) is 11.7. The van der Waals surface area contributed by atoms with Gasteiger partial charge in [-0.15, -0.1) is 0 Å². The predicted octanol–water partition coefficient (Wildman–Crippen LogP) is 3.02. The zero-order chi connectivity index (χ0) is 12.0. The Balaban J connectivity index is 2.56. The molecule has 16 heavy (non-hydrogen) atoms. The molecule has 1 aromatic rings. The van der Waals surface area contributed by atoms with E-state index < -0.39 is 25.9 Å². The van der Waals surface area contributed by atoms with E-state index in [4.69, 9.17) is 0 Å². The third kappa shape index (κ3) is 5.11. The van der Waals surface area contributed by atoms with E-state index in [1.54, 1.807) is 30.3 Å². The van der Waals surface area contributed by atoms with Gasteiger partial charge in [0.25, 0.3) is 12.9 Å². The van der Waals surface area contributed by atoms with E-state index in [9.17, 15) is 17.6 Å². The van der Waals surface area contributed by atoms with E-state index in [2.05, 4.69) is 0 Å². The van der Waals surface area contributed by atoms with Gasteiger partial charge in [0.2, 0.25) is 0 Å². The first-order valence-electron chi connectivity index (χ1n) is 4.90. The molecule has 5 heteroatoms. The third-order valence-corrected chi connectivity index (χ3v) is 2.04. The Bertz CT molecular complexity index is 279. The minimum atomic E-state index is -2.59. The number of benzene rings is 1. The Kier molecular flexibility index (Phi) is 5.25. The first kappa shape index (κ1) is 13.0. The molecule has 0 aliphatic heterocycles. The second kappa shape index (κ2) is 6.48. The second-order valence-corrected chi connectivity index (χ2v) is 3.46. The van der Waals surface area contributed by atoms with Crippen LogP contribution in [-0.2, 0) is 6.54 Å². The van der Waals surface area contributed by atoms with Gasteiger partial charge in [-0.05, 0) is 5.56 Å². The molecule has 0 atom stereocenters. The first-order valence-corrected chi connectivity index (χ1v) is 4.90. The average molecular weight is 235 g/mol. The van der Waals surface area contributed by atoms with Crippen LogP contribution in [0, 0.1) is 0 Å². The summed E-state index contributed by atoms with van der Waals surface area (Å²) >= 11 is 0. The van der Waals surface area contributed by atoms with Crippen molar-refractivity contribution in [3.8, 4) is 0 Å². The van der Waals surface area contributed by atoms with Crippen LogP contribution in [0.25, 0.3) is 0 Å². The number of halogens is 4. The fraction of sp³-hybridized carbons (Fsp3) is 0.455. The van der Waals surface area contributed by atoms with Gasteiger partial charge in [-0.3, -0.25) is 4.90 Å². The van der Waals surface area contributed by atoms with Crippen LogP contribution in [0.3, 0.4) is 0 Å². The molecule has 0 aromatic heterocycles. The monoisotopic (exact) mass is 235 g/mol. The lowest BCUT2D eigenvalue weighted by Gasteiger charge is -2.21. The van der Waals surface area contributed by atoms with E-state index in [1.165, 1.54) is 0 Å². The molecule has 90 valence electrons. The summed E-state index contributed by atoms with van der Waals surface area (Å²) in [5, 5.41) is 0. The molecule has 0 fully saturated rings.